The van der Waals surface area contributed by atoms with Gasteiger partial charge in [0, 0.05) is 12.5 Å². The minimum atomic E-state index is -1.30. The van der Waals surface area contributed by atoms with Crippen LogP contribution < -0.4 is 0 Å². The molecule has 1 amide bonds. The Morgan fingerprint density at radius 3 is 2.50 bits per heavy atom. The van der Waals surface area contributed by atoms with E-state index in [1.807, 2.05) is 0 Å². The summed E-state index contributed by atoms with van der Waals surface area (Å²) in [7, 11) is 0. The van der Waals surface area contributed by atoms with Crippen LogP contribution in [0.1, 0.15) is 33.6 Å². The van der Waals surface area contributed by atoms with E-state index >= 15 is 0 Å². The van der Waals surface area contributed by atoms with Gasteiger partial charge in [0.1, 0.15) is 11.8 Å². The summed E-state index contributed by atoms with van der Waals surface area (Å²) >= 11 is 0. The largest absolute Gasteiger partial charge is 0.481 e. The molecule has 0 bridgehead atoms. The lowest BCUT2D eigenvalue weighted by molar-refractivity contribution is -0.139. The van der Waals surface area contributed by atoms with E-state index in [9.17, 15) is 14.0 Å². The molecule has 6 heteroatoms. The number of likely N-dealkylation sites (tertiary alicyclic amines) is 1. The maximum Gasteiger partial charge on any atom is 0.410 e. The SMILES string of the molecule is CC(C)(C)OC(=O)N1CC[C@H](CC(=O)O)[C@H](F)C1. The second-order valence-electron chi connectivity index (χ2n) is 5.59. The third-order valence-electron chi connectivity index (χ3n) is 2.76. The minimum absolute atomic E-state index is 0.0904. The summed E-state index contributed by atoms with van der Waals surface area (Å²) in [5.41, 5.74) is -0.610. The summed E-state index contributed by atoms with van der Waals surface area (Å²) in [4.78, 5) is 23.6. The number of nitrogens with zero attached hydrogens (tertiary/aromatic N) is 1. The average molecular weight is 261 g/mol. The Hall–Kier alpha value is -1.33. The fourth-order valence-corrected chi connectivity index (χ4v) is 1.90. The Kier molecular flexibility index (Phi) is 4.53. The standard InChI is InChI=1S/C12H20FNO4/c1-12(2,3)18-11(17)14-5-4-8(6-10(15)16)9(13)7-14/h8-9H,4-7H2,1-3H3,(H,15,16)/t8-,9-/m1/s1. The van der Waals surface area contributed by atoms with Crippen molar-refractivity contribution in [3.8, 4) is 0 Å². The number of rotatable bonds is 2. The van der Waals surface area contributed by atoms with Gasteiger partial charge < -0.3 is 14.7 Å². The molecule has 18 heavy (non-hydrogen) atoms. The van der Waals surface area contributed by atoms with Crippen LogP contribution in [0.3, 0.4) is 0 Å². The molecule has 104 valence electrons. The molecule has 1 heterocycles. The zero-order chi connectivity index (χ0) is 13.9. The van der Waals surface area contributed by atoms with Crippen molar-refractivity contribution in [1.29, 1.82) is 0 Å². The van der Waals surface area contributed by atoms with Crippen molar-refractivity contribution in [2.75, 3.05) is 13.1 Å². The summed E-state index contributed by atoms with van der Waals surface area (Å²) in [6, 6.07) is 0. The first-order valence-electron chi connectivity index (χ1n) is 6.03. The molecule has 2 atom stereocenters. The number of carbonyl (C=O) groups is 2. The number of alkyl halides is 1. The summed E-state index contributed by atoms with van der Waals surface area (Å²) in [5.74, 6) is -1.52. The molecule has 0 saturated carbocycles. The van der Waals surface area contributed by atoms with E-state index in [1.54, 1.807) is 20.8 Å². The number of piperidine rings is 1. The minimum Gasteiger partial charge on any atom is -0.481 e. The van der Waals surface area contributed by atoms with Crippen molar-refractivity contribution >= 4 is 12.1 Å². The molecule has 0 aromatic carbocycles. The highest BCUT2D eigenvalue weighted by Crippen LogP contribution is 2.24. The number of carbonyl (C=O) groups excluding carboxylic acids is 1. The van der Waals surface area contributed by atoms with E-state index < -0.39 is 29.8 Å². The first kappa shape index (κ1) is 14.7. The van der Waals surface area contributed by atoms with Crippen molar-refractivity contribution in [3.63, 3.8) is 0 Å². The van der Waals surface area contributed by atoms with Crippen molar-refractivity contribution in [2.24, 2.45) is 5.92 Å². The first-order chi connectivity index (χ1) is 8.19. The van der Waals surface area contributed by atoms with Crippen molar-refractivity contribution < 1.29 is 23.8 Å². The lowest BCUT2D eigenvalue weighted by Crippen LogP contribution is -2.47. The van der Waals surface area contributed by atoms with Gasteiger partial charge in [-0.3, -0.25) is 4.79 Å². The monoisotopic (exact) mass is 261 g/mol. The van der Waals surface area contributed by atoms with Crippen LogP contribution in [0.15, 0.2) is 0 Å². The van der Waals surface area contributed by atoms with E-state index in [2.05, 4.69) is 0 Å². The molecule has 0 aliphatic carbocycles. The third-order valence-corrected chi connectivity index (χ3v) is 2.76. The van der Waals surface area contributed by atoms with Gasteiger partial charge in [0.15, 0.2) is 0 Å². The maximum absolute atomic E-state index is 13.7. The van der Waals surface area contributed by atoms with Gasteiger partial charge in [-0.15, -0.1) is 0 Å². The van der Waals surface area contributed by atoms with E-state index in [0.717, 1.165) is 0 Å². The summed E-state index contributed by atoms with van der Waals surface area (Å²) in [5, 5.41) is 8.64. The molecule has 5 nitrogen and oxygen atoms in total. The predicted octanol–water partition coefficient (Wildman–Crippen LogP) is 2.06. The zero-order valence-corrected chi connectivity index (χ0v) is 11.0. The van der Waals surface area contributed by atoms with Gasteiger partial charge >= 0.3 is 12.1 Å². The predicted molar refractivity (Wildman–Crippen MR) is 63.1 cm³/mol. The molecule has 0 aromatic heterocycles. The second kappa shape index (κ2) is 5.54. The van der Waals surface area contributed by atoms with Gasteiger partial charge in [-0.05, 0) is 27.2 Å². The number of carboxylic acids is 1. The molecule has 1 aliphatic rings. The molecule has 1 saturated heterocycles. The van der Waals surface area contributed by atoms with Crippen LogP contribution in [0, 0.1) is 5.92 Å². The smallest absolute Gasteiger partial charge is 0.410 e. The molecule has 0 unspecified atom stereocenters. The van der Waals surface area contributed by atoms with Crippen LogP contribution in [-0.4, -0.2) is 46.9 Å². The number of hydrogen-bond acceptors (Lipinski definition) is 3. The number of halogens is 1. The van der Waals surface area contributed by atoms with Gasteiger partial charge in [0.25, 0.3) is 0 Å². The molecule has 0 radical (unpaired) electrons. The average Bonchev–Trinajstić information content (AvgIpc) is 2.17. The van der Waals surface area contributed by atoms with Gasteiger partial charge in [0.2, 0.25) is 0 Å². The molecule has 0 spiro atoms. The quantitative estimate of drug-likeness (QED) is 0.826. The molecular weight excluding hydrogens is 241 g/mol. The van der Waals surface area contributed by atoms with Gasteiger partial charge in [-0.25, -0.2) is 9.18 Å². The van der Waals surface area contributed by atoms with Gasteiger partial charge in [-0.1, -0.05) is 0 Å². The van der Waals surface area contributed by atoms with E-state index in [1.165, 1.54) is 4.90 Å². The number of hydrogen-bond donors (Lipinski definition) is 1. The molecule has 0 aromatic rings. The molecule has 1 rings (SSSR count). The van der Waals surface area contributed by atoms with Crippen molar-refractivity contribution in [3.05, 3.63) is 0 Å². The highest BCUT2D eigenvalue weighted by atomic mass is 19.1. The molecule has 1 N–H and O–H groups in total. The van der Waals surface area contributed by atoms with Crippen LogP contribution in [0.2, 0.25) is 0 Å². The topological polar surface area (TPSA) is 66.8 Å². The fourth-order valence-electron chi connectivity index (χ4n) is 1.90. The van der Waals surface area contributed by atoms with E-state index in [4.69, 9.17) is 9.84 Å². The highest BCUT2D eigenvalue weighted by Gasteiger charge is 2.34. The van der Waals surface area contributed by atoms with Crippen LogP contribution in [0.4, 0.5) is 9.18 Å². The Morgan fingerprint density at radius 1 is 1.44 bits per heavy atom. The number of carboxylic acid groups (broad SMARTS) is 1. The number of ether oxygens (including phenoxy) is 1. The highest BCUT2D eigenvalue weighted by molar-refractivity contribution is 5.69. The van der Waals surface area contributed by atoms with Gasteiger partial charge in [-0.2, -0.15) is 0 Å². The van der Waals surface area contributed by atoms with Crippen LogP contribution in [0.25, 0.3) is 0 Å². The normalized spacial score (nSPS) is 24.8. The molecule has 1 fully saturated rings. The zero-order valence-electron chi connectivity index (χ0n) is 11.0. The molecular formula is C12H20FNO4. The lowest BCUT2D eigenvalue weighted by Gasteiger charge is -2.35. The fraction of sp³-hybridized carbons (Fsp3) is 0.833. The Morgan fingerprint density at radius 2 is 2.06 bits per heavy atom. The van der Waals surface area contributed by atoms with Crippen LogP contribution >= 0.6 is 0 Å². The van der Waals surface area contributed by atoms with Crippen LogP contribution in [-0.2, 0) is 9.53 Å². The van der Waals surface area contributed by atoms with Crippen molar-refractivity contribution in [2.45, 2.75) is 45.4 Å². The Balaban J connectivity index is 2.50. The van der Waals surface area contributed by atoms with Gasteiger partial charge in [0.05, 0.1) is 13.0 Å². The summed E-state index contributed by atoms with van der Waals surface area (Å²) in [6.45, 7) is 5.49. The van der Waals surface area contributed by atoms with E-state index in [0.29, 0.717) is 13.0 Å². The summed E-state index contributed by atoms with van der Waals surface area (Å²) < 4.78 is 18.9. The number of aliphatic carboxylic acids is 1. The molecule has 1 aliphatic heterocycles. The van der Waals surface area contributed by atoms with Crippen LogP contribution in [0.5, 0.6) is 0 Å². The third kappa shape index (κ3) is 4.50. The second-order valence-corrected chi connectivity index (χ2v) is 5.59. The Bertz CT molecular complexity index is 327. The van der Waals surface area contributed by atoms with E-state index in [-0.39, 0.29) is 13.0 Å². The Labute approximate surface area is 106 Å². The first-order valence-corrected chi connectivity index (χ1v) is 6.03. The summed E-state index contributed by atoms with van der Waals surface area (Å²) in [6.07, 6.45) is -1.68. The lowest BCUT2D eigenvalue weighted by atomic mass is 9.92. The van der Waals surface area contributed by atoms with Crippen molar-refractivity contribution in [1.82, 2.24) is 4.90 Å². The number of amides is 1. The maximum atomic E-state index is 13.7.